The number of fused-ring (bicyclic) bond motifs is 1. The molecule has 1 atom stereocenters. The lowest BCUT2D eigenvalue weighted by Gasteiger charge is -2.27. The van der Waals surface area contributed by atoms with E-state index in [-0.39, 0.29) is 11.3 Å². The fraction of sp³-hybridized carbons (Fsp3) is 0.722. The highest BCUT2D eigenvalue weighted by Crippen LogP contribution is 2.52. The molecule has 0 saturated heterocycles. The van der Waals surface area contributed by atoms with Crippen LogP contribution in [0.5, 0.6) is 0 Å². The zero-order valence-electron chi connectivity index (χ0n) is 15.2. The SMILES string of the molecule is Cc1c2c(c(C)n1CCCN(C)C)C(C)(C(N)=O)CC2(C)C. The molecule has 1 heterocycles. The monoisotopic (exact) mass is 305 g/mol. The van der Waals surface area contributed by atoms with E-state index in [9.17, 15) is 4.79 Å². The molecular weight excluding hydrogens is 274 g/mol. The van der Waals surface area contributed by atoms with Gasteiger partial charge in [0.25, 0.3) is 0 Å². The standard InChI is InChI=1S/C18H31N3O/c1-12-14-15(13(2)21(12)10-8-9-20(6)7)18(5,16(19)22)11-17(14,3)4/h8-11H2,1-7H3,(H2,19,22). The molecule has 0 spiro atoms. The topological polar surface area (TPSA) is 51.3 Å². The molecule has 0 radical (unpaired) electrons. The Morgan fingerprint density at radius 3 is 2.23 bits per heavy atom. The predicted molar refractivity (Wildman–Crippen MR) is 91.3 cm³/mol. The first-order valence-corrected chi connectivity index (χ1v) is 8.17. The summed E-state index contributed by atoms with van der Waals surface area (Å²) in [4.78, 5) is 14.4. The van der Waals surface area contributed by atoms with Gasteiger partial charge in [0.1, 0.15) is 0 Å². The van der Waals surface area contributed by atoms with Crippen molar-refractivity contribution in [2.75, 3.05) is 20.6 Å². The minimum absolute atomic E-state index is 0.000749. The molecule has 2 rings (SSSR count). The summed E-state index contributed by atoms with van der Waals surface area (Å²) < 4.78 is 2.39. The highest BCUT2D eigenvalue weighted by Gasteiger charge is 2.51. The molecule has 1 aliphatic rings. The van der Waals surface area contributed by atoms with Gasteiger partial charge in [0.15, 0.2) is 0 Å². The number of carbonyl (C=O) groups excluding carboxylic acids is 1. The van der Waals surface area contributed by atoms with Crippen LogP contribution in [0.25, 0.3) is 0 Å². The number of carbonyl (C=O) groups is 1. The molecule has 124 valence electrons. The molecule has 1 unspecified atom stereocenters. The van der Waals surface area contributed by atoms with Crippen LogP contribution >= 0.6 is 0 Å². The Labute approximate surface area is 134 Å². The molecule has 1 aromatic rings. The van der Waals surface area contributed by atoms with E-state index < -0.39 is 5.41 Å². The van der Waals surface area contributed by atoms with Crippen molar-refractivity contribution in [3.05, 3.63) is 22.5 Å². The molecule has 0 fully saturated rings. The van der Waals surface area contributed by atoms with E-state index in [0.29, 0.717) is 0 Å². The number of aromatic nitrogens is 1. The van der Waals surface area contributed by atoms with Gasteiger partial charge in [-0.3, -0.25) is 4.79 Å². The molecule has 4 nitrogen and oxygen atoms in total. The number of nitrogens with two attached hydrogens (primary N) is 1. The van der Waals surface area contributed by atoms with Gasteiger partial charge in [-0.15, -0.1) is 0 Å². The molecule has 0 bridgehead atoms. The van der Waals surface area contributed by atoms with Gasteiger partial charge in [-0.1, -0.05) is 13.8 Å². The lowest BCUT2D eigenvalue weighted by atomic mass is 9.79. The zero-order valence-corrected chi connectivity index (χ0v) is 15.2. The van der Waals surface area contributed by atoms with Gasteiger partial charge >= 0.3 is 0 Å². The summed E-state index contributed by atoms with van der Waals surface area (Å²) in [5.41, 5.74) is 10.3. The molecule has 1 amide bonds. The van der Waals surface area contributed by atoms with Gasteiger partial charge in [-0.05, 0) is 70.8 Å². The third kappa shape index (κ3) is 2.47. The Kier molecular flexibility index (Phi) is 4.20. The molecule has 0 saturated carbocycles. The Morgan fingerprint density at radius 2 is 1.73 bits per heavy atom. The van der Waals surface area contributed by atoms with E-state index in [1.165, 1.54) is 22.5 Å². The fourth-order valence-electron chi connectivity index (χ4n) is 4.54. The summed E-state index contributed by atoms with van der Waals surface area (Å²) in [5, 5.41) is 0. The van der Waals surface area contributed by atoms with E-state index in [0.717, 1.165) is 25.9 Å². The Hall–Kier alpha value is -1.29. The maximum absolute atomic E-state index is 12.2. The third-order valence-corrected chi connectivity index (χ3v) is 5.34. The second-order valence-electron chi connectivity index (χ2n) is 7.99. The molecule has 22 heavy (non-hydrogen) atoms. The molecular formula is C18H31N3O. The van der Waals surface area contributed by atoms with Crippen LogP contribution in [0, 0.1) is 13.8 Å². The molecule has 1 aromatic heterocycles. The lowest BCUT2D eigenvalue weighted by Crippen LogP contribution is -2.38. The summed E-state index contributed by atoms with van der Waals surface area (Å²) in [7, 11) is 4.20. The van der Waals surface area contributed by atoms with E-state index >= 15 is 0 Å². The van der Waals surface area contributed by atoms with Crippen molar-refractivity contribution in [1.82, 2.24) is 9.47 Å². The number of nitrogens with zero attached hydrogens (tertiary/aromatic N) is 2. The van der Waals surface area contributed by atoms with Crippen molar-refractivity contribution in [1.29, 1.82) is 0 Å². The fourth-order valence-corrected chi connectivity index (χ4v) is 4.54. The first kappa shape index (κ1) is 17.1. The lowest BCUT2D eigenvalue weighted by molar-refractivity contribution is -0.123. The van der Waals surface area contributed by atoms with Crippen molar-refractivity contribution in [3.63, 3.8) is 0 Å². The maximum atomic E-state index is 12.2. The van der Waals surface area contributed by atoms with Crippen LogP contribution in [0.4, 0.5) is 0 Å². The molecule has 2 N–H and O–H groups in total. The maximum Gasteiger partial charge on any atom is 0.227 e. The van der Waals surface area contributed by atoms with E-state index in [2.05, 4.69) is 51.3 Å². The molecule has 4 heteroatoms. The zero-order chi connectivity index (χ0) is 16.9. The van der Waals surface area contributed by atoms with Crippen molar-refractivity contribution in [2.45, 2.75) is 64.8 Å². The Morgan fingerprint density at radius 1 is 1.18 bits per heavy atom. The first-order chi connectivity index (χ1) is 10.0. The summed E-state index contributed by atoms with van der Waals surface area (Å²) in [6.07, 6.45) is 1.91. The van der Waals surface area contributed by atoms with Crippen molar-refractivity contribution in [2.24, 2.45) is 5.73 Å². The van der Waals surface area contributed by atoms with Gasteiger partial charge in [0, 0.05) is 17.9 Å². The Balaban J connectivity index is 2.49. The average molecular weight is 305 g/mol. The minimum Gasteiger partial charge on any atom is -0.369 e. The smallest absolute Gasteiger partial charge is 0.227 e. The number of hydrogen-bond donors (Lipinski definition) is 1. The van der Waals surface area contributed by atoms with Crippen LogP contribution in [-0.2, 0) is 22.2 Å². The van der Waals surface area contributed by atoms with E-state index in [4.69, 9.17) is 5.73 Å². The first-order valence-electron chi connectivity index (χ1n) is 8.17. The van der Waals surface area contributed by atoms with Crippen LogP contribution < -0.4 is 5.73 Å². The minimum atomic E-state index is -0.541. The second kappa shape index (κ2) is 5.41. The van der Waals surface area contributed by atoms with Crippen molar-refractivity contribution in [3.8, 4) is 0 Å². The number of amides is 1. The highest BCUT2D eigenvalue weighted by molar-refractivity contribution is 5.89. The molecule has 1 aliphatic carbocycles. The normalized spacial score (nSPS) is 23.1. The average Bonchev–Trinajstić information content (AvgIpc) is 2.75. The summed E-state index contributed by atoms with van der Waals surface area (Å²) in [6.45, 7) is 12.9. The quantitative estimate of drug-likeness (QED) is 0.908. The van der Waals surface area contributed by atoms with E-state index in [1.54, 1.807) is 0 Å². The second-order valence-corrected chi connectivity index (χ2v) is 7.99. The summed E-state index contributed by atoms with van der Waals surface area (Å²) in [6, 6.07) is 0. The van der Waals surface area contributed by atoms with E-state index in [1.807, 2.05) is 6.92 Å². The van der Waals surface area contributed by atoms with Gasteiger partial charge in [0.05, 0.1) is 5.41 Å². The largest absolute Gasteiger partial charge is 0.369 e. The highest BCUT2D eigenvalue weighted by atomic mass is 16.1. The van der Waals surface area contributed by atoms with Gasteiger partial charge in [-0.2, -0.15) is 0 Å². The summed E-state index contributed by atoms with van der Waals surface area (Å²) >= 11 is 0. The van der Waals surface area contributed by atoms with Crippen LogP contribution in [0.3, 0.4) is 0 Å². The van der Waals surface area contributed by atoms with Crippen molar-refractivity contribution >= 4 is 5.91 Å². The van der Waals surface area contributed by atoms with Gasteiger partial charge in [0.2, 0.25) is 5.91 Å². The van der Waals surface area contributed by atoms with Gasteiger partial charge < -0.3 is 15.2 Å². The summed E-state index contributed by atoms with van der Waals surface area (Å²) in [5.74, 6) is -0.201. The van der Waals surface area contributed by atoms with Crippen LogP contribution in [-0.4, -0.2) is 36.0 Å². The number of rotatable bonds is 5. The van der Waals surface area contributed by atoms with Crippen LogP contribution in [0.15, 0.2) is 0 Å². The van der Waals surface area contributed by atoms with Crippen molar-refractivity contribution < 1.29 is 4.79 Å². The number of primary amides is 1. The van der Waals surface area contributed by atoms with Crippen LogP contribution in [0.2, 0.25) is 0 Å². The predicted octanol–water partition coefficient (Wildman–Crippen LogP) is 2.48. The molecule has 0 aliphatic heterocycles. The van der Waals surface area contributed by atoms with Crippen LogP contribution in [0.1, 0.15) is 56.1 Å². The third-order valence-electron chi connectivity index (χ3n) is 5.34. The van der Waals surface area contributed by atoms with Gasteiger partial charge in [-0.25, -0.2) is 0 Å². The molecule has 0 aromatic carbocycles. The number of hydrogen-bond acceptors (Lipinski definition) is 2. The Bertz CT molecular complexity index is 598.